The van der Waals surface area contributed by atoms with E-state index in [1.807, 2.05) is 62.6 Å². The summed E-state index contributed by atoms with van der Waals surface area (Å²) in [6.07, 6.45) is 3.87. The Morgan fingerprint density at radius 3 is 2.69 bits per heavy atom. The van der Waals surface area contributed by atoms with E-state index in [4.69, 9.17) is 4.74 Å². The molecule has 1 saturated heterocycles. The Morgan fingerprint density at radius 1 is 1.35 bits per heavy atom. The van der Waals surface area contributed by atoms with E-state index in [1.165, 1.54) is 0 Å². The summed E-state index contributed by atoms with van der Waals surface area (Å²) in [6.45, 7) is 4.75. The fraction of sp³-hybridized carbons (Fsp3) is 0.474. The minimum atomic E-state index is -0.0445. The maximum absolute atomic E-state index is 12.9. The van der Waals surface area contributed by atoms with Gasteiger partial charge in [-0.2, -0.15) is 5.10 Å². The van der Waals surface area contributed by atoms with Crippen LogP contribution in [0, 0.1) is 5.92 Å². The second-order valence-corrected chi connectivity index (χ2v) is 6.59. The Hall–Kier alpha value is -2.05. The number of nitrogens with one attached hydrogen (secondary N) is 1. The predicted molar refractivity (Wildman–Crippen MR) is 104 cm³/mol. The molecule has 1 aromatic heterocycles. The van der Waals surface area contributed by atoms with Crippen LogP contribution in [0.3, 0.4) is 0 Å². The number of aromatic nitrogens is 2. The molecule has 1 aromatic carbocycles. The zero-order valence-electron chi connectivity index (χ0n) is 15.5. The fourth-order valence-electron chi connectivity index (χ4n) is 3.41. The summed E-state index contributed by atoms with van der Waals surface area (Å²) >= 11 is 0. The largest absolute Gasteiger partial charge is 0.494 e. The molecule has 2 atom stereocenters. The van der Waals surface area contributed by atoms with E-state index in [0.29, 0.717) is 19.7 Å². The lowest BCUT2D eigenvalue weighted by atomic mass is 9.90. The standard InChI is InChI=1S/C19H26N4O2.ClH/c1-4-25-16-7-5-14(6-8-16)12-22(2)19(24)18-11-20-10-17(18)15-9-21-23(3)13-15;/h5-9,13,17-18,20H,4,10-12H2,1-3H3;1H/t17-,18+;/m1./s1. The highest BCUT2D eigenvalue weighted by atomic mass is 35.5. The van der Waals surface area contributed by atoms with Crippen LogP contribution in [0.15, 0.2) is 36.7 Å². The number of carbonyl (C=O) groups is 1. The van der Waals surface area contributed by atoms with Crippen molar-refractivity contribution in [2.45, 2.75) is 19.4 Å². The molecule has 26 heavy (non-hydrogen) atoms. The van der Waals surface area contributed by atoms with Crippen LogP contribution in [0.1, 0.15) is 24.0 Å². The number of ether oxygens (including phenoxy) is 1. The number of benzene rings is 1. The van der Waals surface area contributed by atoms with Crippen molar-refractivity contribution >= 4 is 18.3 Å². The van der Waals surface area contributed by atoms with Crippen LogP contribution in [0.5, 0.6) is 5.75 Å². The van der Waals surface area contributed by atoms with Crippen LogP contribution in [0.25, 0.3) is 0 Å². The van der Waals surface area contributed by atoms with Gasteiger partial charge in [-0.15, -0.1) is 12.4 Å². The van der Waals surface area contributed by atoms with E-state index < -0.39 is 0 Å². The molecular weight excluding hydrogens is 352 g/mol. The molecule has 1 fully saturated rings. The van der Waals surface area contributed by atoms with Crippen LogP contribution in [0.4, 0.5) is 0 Å². The first-order valence-corrected chi connectivity index (χ1v) is 8.74. The van der Waals surface area contributed by atoms with Crippen molar-refractivity contribution in [2.75, 3.05) is 26.7 Å². The van der Waals surface area contributed by atoms with Gasteiger partial charge in [-0.3, -0.25) is 9.48 Å². The number of carbonyl (C=O) groups excluding carboxylic acids is 1. The van der Waals surface area contributed by atoms with E-state index >= 15 is 0 Å². The number of aryl methyl sites for hydroxylation is 1. The number of amides is 1. The van der Waals surface area contributed by atoms with Gasteiger partial charge in [0.25, 0.3) is 0 Å². The third-order valence-corrected chi connectivity index (χ3v) is 4.71. The third kappa shape index (κ3) is 4.56. The van der Waals surface area contributed by atoms with Gasteiger partial charge in [-0.1, -0.05) is 12.1 Å². The molecule has 1 aliphatic heterocycles. The van der Waals surface area contributed by atoms with Gasteiger partial charge in [-0.25, -0.2) is 0 Å². The highest BCUT2D eigenvalue weighted by molar-refractivity contribution is 5.85. The molecule has 0 unspecified atom stereocenters. The smallest absolute Gasteiger partial charge is 0.227 e. The maximum atomic E-state index is 12.9. The quantitative estimate of drug-likeness (QED) is 0.837. The molecule has 0 bridgehead atoms. The van der Waals surface area contributed by atoms with Crippen LogP contribution in [0.2, 0.25) is 0 Å². The van der Waals surface area contributed by atoms with E-state index in [0.717, 1.165) is 23.4 Å². The van der Waals surface area contributed by atoms with Crippen molar-refractivity contribution in [3.63, 3.8) is 0 Å². The number of rotatable bonds is 6. The Kier molecular flexibility index (Phi) is 7.06. The molecule has 2 aromatic rings. The monoisotopic (exact) mass is 378 g/mol. The van der Waals surface area contributed by atoms with E-state index in [-0.39, 0.29) is 30.2 Å². The average molecular weight is 379 g/mol. The first-order valence-electron chi connectivity index (χ1n) is 8.74. The number of nitrogens with zero attached hydrogens (tertiary/aromatic N) is 3. The van der Waals surface area contributed by atoms with Gasteiger partial charge in [-0.05, 0) is 30.2 Å². The van der Waals surface area contributed by atoms with Crippen molar-refractivity contribution in [1.82, 2.24) is 20.0 Å². The van der Waals surface area contributed by atoms with Crippen molar-refractivity contribution in [3.8, 4) is 5.75 Å². The van der Waals surface area contributed by atoms with Crippen LogP contribution in [-0.2, 0) is 18.4 Å². The summed E-state index contributed by atoms with van der Waals surface area (Å²) in [5.74, 6) is 1.17. The molecule has 1 aliphatic rings. The normalized spacial score (nSPS) is 19.0. The minimum absolute atomic E-state index is 0. The first-order chi connectivity index (χ1) is 12.1. The van der Waals surface area contributed by atoms with E-state index in [2.05, 4.69) is 10.4 Å². The van der Waals surface area contributed by atoms with Gasteiger partial charge in [0.2, 0.25) is 5.91 Å². The second kappa shape index (κ2) is 9.05. The first kappa shape index (κ1) is 20.3. The van der Waals surface area contributed by atoms with Gasteiger partial charge in [0.05, 0.1) is 18.7 Å². The topological polar surface area (TPSA) is 59.4 Å². The molecule has 1 amide bonds. The summed E-state index contributed by atoms with van der Waals surface area (Å²) in [4.78, 5) is 14.8. The molecule has 0 aliphatic carbocycles. The molecule has 0 saturated carbocycles. The summed E-state index contributed by atoms with van der Waals surface area (Å²) < 4.78 is 7.25. The Bertz CT molecular complexity index is 717. The Morgan fingerprint density at radius 2 is 2.08 bits per heavy atom. The van der Waals surface area contributed by atoms with E-state index in [1.54, 1.807) is 4.68 Å². The molecule has 0 radical (unpaired) electrons. The van der Waals surface area contributed by atoms with Gasteiger partial charge < -0.3 is 15.0 Å². The van der Waals surface area contributed by atoms with Crippen molar-refractivity contribution < 1.29 is 9.53 Å². The van der Waals surface area contributed by atoms with Gasteiger partial charge in [0.1, 0.15) is 5.75 Å². The third-order valence-electron chi connectivity index (χ3n) is 4.71. The molecular formula is C19H27ClN4O2. The summed E-state index contributed by atoms with van der Waals surface area (Å²) in [5, 5.41) is 7.59. The lowest BCUT2D eigenvalue weighted by Gasteiger charge is -2.24. The number of hydrogen-bond donors (Lipinski definition) is 1. The Labute approximate surface area is 160 Å². The molecule has 0 spiro atoms. The average Bonchev–Trinajstić information content (AvgIpc) is 3.24. The Balaban J connectivity index is 0.00000243. The van der Waals surface area contributed by atoms with Crippen LogP contribution in [-0.4, -0.2) is 47.3 Å². The molecule has 3 rings (SSSR count). The lowest BCUT2D eigenvalue weighted by molar-refractivity contribution is -0.134. The van der Waals surface area contributed by atoms with Gasteiger partial charge in [0.15, 0.2) is 0 Å². The highest BCUT2D eigenvalue weighted by Crippen LogP contribution is 2.29. The molecule has 1 N–H and O–H groups in total. The maximum Gasteiger partial charge on any atom is 0.227 e. The number of halogens is 1. The second-order valence-electron chi connectivity index (χ2n) is 6.59. The summed E-state index contributed by atoms with van der Waals surface area (Å²) in [5.41, 5.74) is 2.23. The van der Waals surface area contributed by atoms with E-state index in [9.17, 15) is 4.79 Å². The zero-order chi connectivity index (χ0) is 17.8. The fourth-order valence-corrected chi connectivity index (χ4v) is 3.41. The van der Waals surface area contributed by atoms with Crippen molar-refractivity contribution in [1.29, 1.82) is 0 Å². The summed E-state index contributed by atoms with van der Waals surface area (Å²) in [7, 11) is 3.78. The highest BCUT2D eigenvalue weighted by Gasteiger charge is 2.36. The van der Waals surface area contributed by atoms with Gasteiger partial charge in [0, 0.05) is 45.8 Å². The molecule has 142 valence electrons. The van der Waals surface area contributed by atoms with Crippen LogP contribution < -0.4 is 10.1 Å². The van der Waals surface area contributed by atoms with Gasteiger partial charge >= 0.3 is 0 Å². The minimum Gasteiger partial charge on any atom is -0.494 e. The van der Waals surface area contributed by atoms with Crippen LogP contribution >= 0.6 is 12.4 Å². The zero-order valence-corrected chi connectivity index (χ0v) is 16.3. The molecule has 7 heteroatoms. The SMILES string of the molecule is CCOc1ccc(CN(C)C(=O)[C@H]2CNC[C@@H]2c2cnn(C)c2)cc1.Cl. The van der Waals surface area contributed by atoms with Crippen molar-refractivity contribution in [3.05, 3.63) is 47.8 Å². The number of hydrogen-bond acceptors (Lipinski definition) is 4. The molecule has 6 nitrogen and oxygen atoms in total. The van der Waals surface area contributed by atoms with Crippen molar-refractivity contribution in [2.24, 2.45) is 13.0 Å². The summed E-state index contributed by atoms with van der Waals surface area (Å²) in [6, 6.07) is 7.93. The molecule has 2 heterocycles. The predicted octanol–water partition coefficient (Wildman–Crippen LogP) is 2.20. The lowest BCUT2D eigenvalue weighted by Crippen LogP contribution is -2.35.